The molecule has 0 saturated carbocycles. The molecule has 6 heteroatoms. The number of hydrogen-bond acceptors (Lipinski definition) is 5. The first-order chi connectivity index (χ1) is 9.52. The van der Waals surface area contributed by atoms with E-state index < -0.39 is 5.97 Å². The van der Waals surface area contributed by atoms with Gasteiger partial charge in [-0.05, 0) is 32.0 Å². The molecule has 0 aliphatic rings. The maximum absolute atomic E-state index is 13.2. The van der Waals surface area contributed by atoms with Crippen LogP contribution in [0.4, 0.5) is 15.2 Å². The van der Waals surface area contributed by atoms with E-state index in [1.54, 1.807) is 31.0 Å². The zero-order valence-corrected chi connectivity index (χ0v) is 12.3. The molecule has 0 unspecified atom stereocenters. The zero-order chi connectivity index (χ0) is 14.7. The second kappa shape index (κ2) is 6.00. The van der Waals surface area contributed by atoms with Crippen molar-refractivity contribution in [3.8, 4) is 0 Å². The Kier molecular flexibility index (Phi) is 4.34. The Morgan fingerprint density at radius 1 is 1.50 bits per heavy atom. The summed E-state index contributed by atoms with van der Waals surface area (Å²) in [6.07, 6.45) is 0. The fourth-order valence-electron chi connectivity index (χ4n) is 1.71. The van der Waals surface area contributed by atoms with Gasteiger partial charge in [0.15, 0.2) is 10.8 Å². The van der Waals surface area contributed by atoms with Gasteiger partial charge in [-0.15, -0.1) is 11.3 Å². The van der Waals surface area contributed by atoms with Gasteiger partial charge >= 0.3 is 5.97 Å². The van der Waals surface area contributed by atoms with Crippen LogP contribution in [-0.4, -0.2) is 24.6 Å². The van der Waals surface area contributed by atoms with E-state index in [9.17, 15) is 9.18 Å². The molecule has 0 atom stereocenters. The third kappa shape index (κ3) is 2.96. The van der Waals surface area contributed by atoms with Crippen LogP contribution in [0.1, 0.15) is 22.3 Å². The average molecular weight is 294 g/mol. The van der Waals surface area contributed by atoms with Gasteiger partial charge in [-0.1, -0.05) is 6.07 Å². The number of aromatic nitrogens is 1. The van der Waals surface area contributed by atoms with Crippen molar-refractivity contribution in [1.29, 1.82) is 0 Å². The van der Waals surface area contributed by atoms with Crippen molar-refractivity contribution in [3.05, 3.63) is 40.7 Å². The van der Waals surface area contributed by atoms with E-state index in [0.29, 0.717) is 23.1 Å². The van der Waals surface area contributed by atoms with Crippen LogP contribution in [0.25, 0.3) is 0 Å². The summed E-state index contributed by atoms with van der Waals surface area (Å²) in [5.41, 5.74) is 0.990. The molecule has 106 valence electrons. The van der Waals surface area contributed by atoms with Gasteiger partial charge in [0.2, 0.25) is 0 Å². The van der Waals surface area contributed by atoms with Crippen LogP contribution in [0.15, 0.2) is 24.3 Å². The maximum Gasteiger partial charge on any atom is 0.358 e. The van der Waals surface area contributed by atoms with Crippen molar-refractivity contribution < 1.29 is 13.9 Å². The topological polar surface area (TPSA) is 42.4 Å². The third-order valence-electron chi connectivity index (χ3n) is 2.74. The van der Waals surface area contributed by atoms with Gasteiger partial charge < -0.3 is 9.64 Å². The summed E-state index contributed by atoms with van der Waals surface area (Å²) in [6, 6.07) is 6.22. The minimum absolute atomic E-state index is 0.310. The average Bonchev–Trinajstić information content (AvgIpc) is 2.80. The van der Waals surface area contributed by atoms with Crippen LogP contribution < -0.4 is 4.90 Å². The largest absolute Gasteiger partial charge is 0.461 e. The molecule has 1 heterocycles. The highest BCUT2D eigenvalue weighted by Gasteiger charge is 2.19. The van der Waals surface area contributed by atoms with Gasteiger partial charge in [-0.25, -0.2) is 14.2 Å². The first-order valence-electron chi connectivity index (χ1n) is 6.16. The van der Waals surface area contributed by atoms with Crippen LogP contribution in [0, 0.1) is 12.7 Å². The molecule has 0 aliphatic carbocycles. The van der Waals surface area contributed by atoms with Crippen molar-refractivity contribution in [2.45, 2.75) is 13.8 Å². The highest BCUT2D eigenvalue weighted by Crippen LogP contribution is 2.30. The molecule has 0 radical (unpaired) electrons. The van der Waals surface area contributed by atoms with E-state index in [4.69, 9.17) is 4.74 Å². The van der Waals surface area contributed by atoms with Gasteiger partial charge in [0.05, 0.1) is 6.61 Å². The fraction of sp³-hybridized carbons (Fsp3) is 0.286. The van der Waals surface area contributed by atoms with Crippen molar-refractivity contribution in [1.82, 2.24) is 4.98 Å². The van der Waals surface area contributed by atoms with Crippen molar-refractivity contribution in [2.75, 3.05) is 18.6 Å². The number of hydrogen-bond donors (Lipinski definition) is 0. The van der Waals surface area contributed by atoms with Crippen LogP contribution in [0.2, 0.25) is 0 Å². The number of carbonyl (C=O) groups is 1. The molecule has 1 aromatic heterocycles. The summed E-state index contributed by atoms with van der Waals surface area (Å²) in [7, 11) is 1.78. The third-order valence-corrected chi connectivity index (χ3v) is 3.78. The Balaban J connectivity index is 2.29. The van der Waals surface area contributed by atoms with Crippen molar-refractivity contribution >= 4 is 28.1 Å². The summed E-state index contributed by atoms with van der Waals surface area (Å²) in [5, 5.41) is 0.621. The quantitative estimate of drug-likeness (QED) is 0.809. The van der Waals surface area contributed by atoms with Gasteiger partial charge in [0, 0.05) is 17.6 Å². The summed E-state index contributed by atoms with van der Waals surface area (Å²) >= 11 is 1.37. The van der Waals surface area contributed by atoms with E-state index in [0.717, 1.165) is 4.88 Å². The predicted molar refractivity (Wildman–Crippen MR) is 77.3 cm³/mol. The Labute approximate surface area is 120 Å². The highest BCUT2D eigenvalue weighted by atomic mass is 32.1. The number of thiazole rings is 1. The lowest BCUT2D eigenvalue weighted by molar-refractivity contribution is 0.0519. The van der Waals surface area contributed by atoms with Crippen molar-refractivity contribution in [2.24, 2.45) is 0 Å². The smallest absolute Gasteiger partial charge is 0.358 e. The minimum atomic E-state index is -0.430. The van der Waals surface area contributed by atoms with Crippen LogP contribution in [-0.2, 0) is 4.74 Å². The number of ether oxygens (including phenoxy) is 1. The SMILES string of the molecule is CCOC(=O)c1nc(N(C)c2cccc(F)c2)sc1C. The molecule has 0 saturated heterocycles. The summed E-state index contributed by atoms with van der Waals surface area (Å²) < 4.78 is 18.2. The van der Waals surface area contributed by atoms with Crippen molar-refractivity contribution in [3.63, 3.8) is 0 Å². The molecule has 0 fully saturated rings. The van der Waals surface area contributed by atoms with Crippen LogP contribution in [0.3, 0.4) is 0 Å². The summed E-state index contributed by atoms with van der Waals surface area (Å²) in [6.45, 7) is 3.87. The lowest BCUT2D eigenvalue weighted by Crippen LogP contribution is -2.11. The first-order valence-corrected chi connectivity index (χ1v) is 6.98. The first kappa shape index (κ1) is 14.5. The maximum atomic E-state index is 13.2. The number of esters is 1. The molecule has 2 rings (SSSR count). The zero-order valence-electron chi connectivity index (χ0n) is 11.5. The van der Waals surface area contributed by atoms with E-state index in [1.165, 1.54) is 23.5 Å². The number of anilines is 2. The van der Waals surface area contributed by atoms with E-state index in [1.807, 2.05) is 6.92 Å². The van der Waals surface area contributed by atoms with Gasteiger partial charge in [0.1, 0.15) is 5.82 Å². The second-order valence-corrected chi connectivity index (χ2v) is 5.34. The van der Waals surface area contributed by atoms with Gasteiger partial charge in [-0.3, -0.25) is 0 Å². The molecule has 0 aliphatic heterocycles. The number of rotatable bonds is 4. The number of nitrogens with zero attached hydrogens (tertiary/aromatic N) is 2. The predicted octanol–water partition coefficient (Wildman–Crippen LogP) is 3.54. The molecule has 0 bridgehead atoms. The number of benzene rings is 1. The van der Waals surface area contributed by atoms with Gasteiger partial charge in [0.25, 0.3) is 0 Å². The molecule has 0 spiro atoms. The molecule has 4 nitrogen and oxygen atoms in total. The highest BCUT2D eigenvalue weighted by molar-refractivity contribution is 7.15. The standard InChI is InChI=1S/C14H15FN2O2S/c1-4-19-13(18)12-9(2)20-14(16-12)17(3)11-7-5-6-10(15)8-11/h5-8H,4H2,1-3H3. The number of aryl methyl sites for hydroxylation is 1. The van der Waals surface area contributed by atoms with Crippen LogP contribution in [0.5, 0.6) is 0 Å². The summed E-state index contributed by atoms with van der Waals surface area (Å²) in [4.78, 5) is 18.5. The van der Waals surface area contributed by atoms with Gasteiger partial charge in [-0.2, -0.15) is 0 Å². The molecular weight excluding hydrogens is 279 g/mol. The van der Waals surface area contributed by atoms with E-state index >= 15 is 0 Å². The Hall–Kier alpha value is -1.95. The minimum Gasteiger partial charge on any atom is -0.461 e. The molecule has 0 amide bonds. The van der Waals surface area contributed by atoms with Crippen LogP contribution >= 0.6 is 11.3 Å². The molecule has 0 N–H and O–H groups in total. The lowest BCUT2D eigenvalue weighted by atomic mass is 10.3. The second-order valence-electron chi connectivity index (χ2n) is 4.16. The number of halogens is 1. The Bertz CT molecular complexity index is 627. The number of carbonyl (C=O) groups excluding carboxylic acids is 1. The van der Waals surface area contributed by atoms with E-state index in [2.05, 4.69) is 4.98 Å². The normalized spacial score (nSPS) is 10.4. The fourth-order valence-corrected chi connectivity index (χ4v) is 2.59. The lowest BCUT2D eigenvalue weighted by Gasteiger charge is -2.15. The molecular formula is C14H15FN2O2S. The van der Waals surface area contributed by atoms with E-state index in [-0.39, 0.29) is 5.82 Å². The molecule has 1 aromatic carbocycles. The molecule has 20 heavy (non-hydrogen) atoms. The Morgan fingerprint density at radius 2 is 2.25 bits per heavy atom. The Morgan fingerprint density at radius 3 is 2.90 bits per heavy atom. The molecule has 2 aromatic rings. The monoisotopic (exact) mass is 294 g/mol. The summed E-state index contributed by atoms with van der Waals surface area (Å²) in [5.74, 6) is -0.742.